The van der Waals surface area contributed by atoms with Crippen molar-refractivity contribution in [3.8, 4) is 11.4 Å². The first kappa shape index (κ1) is 18.1. The number of rotatable bonds is 3. The maximum Gasteiger partial charge on any atom is 0.416 e. The zero-order chi connectivity index (χ0) is 19.1. The zero-order valence-electron chi connectivity index (χ0n) is 13.7. The standard InChI is InChI=1S/C17H13ClF3N3O2/c1-22-15-14-12(7-9(17(19,20)21)8-13(14)26-2)24(16(25)23-15)11-6-4-3-5-10(11)18/h3-8H,1-2H3,(H,22,23,25). The van der Waals surface area contributed by atoms with Crippen molar-refractivity contribution in [3.05, 3.63) is 57.5 Å². The summed E-state index contributed by atoms with van der Waals surface area (Å²) in [6.07, 6.45) is -4.62. The molecular formula is C17H13ClF3N3O2. The Labute approximate surface area is 151 Å². The van der Waals surface area contributed by atoms with Gasteiger partial charge in [0.05, 0.1) is 34.3 Å². The Morgan fingerprint density at radius 1 is 1.23 bits per heavy atom. The van der Waals surface area contributed by atoms with Gasteiger partial charge >= 0.3 is 11.9 Å². The second kappa shape index (κ2) is 6.53. The van der Waals surface area contributed by atoms with Gasteiger partial charge in [0.2, 0.25) is 0 Å². The number of fused-ring (bicyclic) bond motifs is 1. The highest BCUT2D eigenvalue weighted by Gasteiger charge is 2.33. The van der Waals surface area contributed by atoms with Crippen molar-refractivity contribution in [1.82, 2.24) is 9.55 Å². The number of nitrogens with one attached hydrogen (secondary N) is 1. The van der Waals surface area contributed by atoms with Crippen LogP contribution in [0.4, 0.5) is 19.0 Å². The van der Waals surface area contributed by atoms with Gasteiger partial charge in [-0.3, -0.25) is 4.57 Å². The molecular weight excluding hydrogens is 371 g/mol. The largest absolute Gasteiger partial charge is 0.496 e. The first-order valence-corrected chi connectivity index (χ1v) is 7.80. The van der Waals surface area contributed by atoms with Gasteiger partial charge in [-0.15, -0.1) is 0 Å². The van der Waals surface area contributed by atoms with Crippen molar-refractivity contribution in [3.63, 3.8) is 0 Å². The zero-order valence-corrected chi connectivity index (χ0v) is 14.4. The number of hydrogen-bond acceptors (Lipinski definition) is 4. The van der Waals surface area contributed by atoms with Crippen LogP contribution in [0.2, 0.25) is 5.02 Å². The smallest absolute Gasteiger partial charge is 0.416 e. The maximum atomic E-state index is 13.3. The molecule has 3 rings (SSSR count). The topological polar surface area (TPSA) is 56.2 Å². The van der Waals surface area contributed by atoms with Crippen LogP contribution in [0.15, 0.2) is 41.2 Å². The number of para-hydroxylation sites is 1. The van der Waals surface area contributed by atoms with Gasteiger partial charge in [0.15, 0.2) is 0 Å². The van der Waals surface area contributed by atoms with E-state index in [4.69, 9.17) is 16.3 Å². The molecule has 0 bridgehead atoms. The van der Waals surface area contributed by atoms with Crippen LogP contribution < -0.4 is 15.7 Å². The minimum absolute atomic E-state index is 0.0193. The molecule has 0 aliphatic rings. The Morgan fingerprint density at radius 3 is 2.50 bits per heavy atom. The molecule has 0 aliphatic heterocycles. The van der Waals surface area contributed by atoms with E-state index < -0.39 is 17.4 Å². The quantitative estimate of drug-likeness (QED) is 0.739. The number of ether oxygens (including phenoxy) is 1. The van der Waals surface area contributed by atoms with Crippen LogP contribution in [0.3, 0.4) is 0 Å². The van der Waals surface area contributed by atoms with Crippen molar-refractivity contribution in [2.45, 2.75) is 6.18 Å². The lowest BCUT2D eigenvalue weighted by molar-refractivity contribution is -0.137. The van der Waals surface area contributed by atoms with Gasteiger partial charge in [0.25, 0.3) is 0 Å². The minimum Gasteiger partial charge on any atom is -0.496 e. The summed E-state index contributed by atoms with van der Waals surface area (Å²) in [4.78, 5) is 16.5. The van der Waals surface area contributed by atoms with Crippen molar-refractivity contribution in [2.24, 2.45) is 0 Å². The molecule has 0 saturated heterocycles. The molecule has 0 radical (unpaired) electrons. The lowest BCUT2D eigenvalue weighted by Gasteiger charge is -2.18. The fourth-order valence-electron chi connectivity index (χ4n) is 2.69. The van der Waals surface area contributed by atoms with Crippen LogP contribution in [0.1, 0.15) is 5.56 Å². The van der Waals surface area contributed by atoms with Gasteiger partial charge in [-0.2, -0.15) is 18.2 Å². The Morgan fingerprint density at radius 2 is 1.92 bits per heavy atom. The molecule has 0 saturated carbocycles. The third-order valence-corrected chi connectivity index (χ3v) is 4.15. The van der Waals surface area contributed by atoms with Gasteiger partial charge in [0, 0.05) is 7.05 Å². The molecule has 0 fully saturated rings. The number of aromatic nitrogens is 2. The highest BCUT2D eigenvalue weighted by molar-refractivity contribution is 6.32. The summed E-state index contributed by atoms with van der Waals surface area (Å²) in [5, 5.41) is 3.16. The van der Waals surface area contributed by atoms with Gasteiger partial charge < -0.3 is 10.1 Å². The van der Waals surface area contributed by atoms with E-state index in [0.717, 1.165) is 16.7 Å². The summed E-state index contributed by atoms with van der Waals surface area (Å²) in [5.74, 6) is 0.0476. The van der Waals surface area contributed by atoms with E-state index in [1.807, 2.05) is 0 Å². The van der Waals surface area contributed by atoms with Crippen LogP contribution in [-0.4, -0.2) is 23.7 Å². The van der Waals surface area contributed by atoms with Crippen LogP contribution in [0.25, 0.3) is 16.6 Å². The average Bonchev–Trinajstić information content (AvgIpc) is 2.60. The molecule has 5 nitrogen and oxygen atoms in total. The Bertz CT molecular complexity index is 1050. The molecule has 9 heteroatoms. The van der Waals surface area contributed by atoms with Gasteiger partial charge in [-0.1, -0.05) is 23.7 Å². The van der Waals surface area contributed by atoms with E-state index in [2.05, 4.69) is 10.3 Å². The molecule has 0 spiro atoms. The molecule has 1 aromatic heterocycles. The second-order valence-electron chi connectivity index (χ2n) is 5.35. The number of hydrogen-bond donors (Lipinski definition) is 1. The average molecular weight is 384 g/mol. The number of halogens is 4. The van der Waals surface area contributed by atoms with Crippen molar-refractivity contribution < 1.29 is 17.9 Å². The number of methoxy groups -OCH3 is 1. The lowest BCUT2D eigenvalue weighted by Crippen LogP contribution is -2.24. The second-order valence-corrected chi connectivity index (χ2v) is 5.76. The monoisotopic (exact) mass is 383 g/mol. The third kappa shape index (κ3) is 2.96. The maximum absolute atomic E-state index is 13.3. The summed E-state index contributed by atoms with van der Waals surface area (Å²) in [7, 11) is 2.76. The first-order chi connectivity index (χ1) is 12.3. The molecule has 0 atom stereocenters. The summed E-state index contributed by atoms with van der Waals surface area (Å²) in [5.41, 5.74) is -1.51. The molecule has 136 valence electrons. The summed E-state index contributed by atoms with van der Waals surface area (Å²) in [6.45, 7) is 0. The van der Waals surface area contributed by atoms with Gasteiger partial charge in [-0.05, 0) is 24.3 Å². The Kier molecular flexibility index (Phi) is 4.53. The Hall–Kier alpha value is -2.74. The summed E-state index contributed by atoms with van der Waals surface area (Å²) < 4.78 is 46.2. The molecule has 2 aromatic carbocycles. The van der Waals surface area contributed by atoms with Crippen LogP contribution in [-0.2, 0) is 6.18 Å². The first-order valence-electron chi connectivity index (χ1n) is 7.42. The Balaban J connectivity index is 2.55. The van der Waals surface area contributed by atoms with E-state index >= 15 is 0 Å². The van der Waals surface area contributed by atoms with Crippen LogP contribution in [0, 0.1) is 0 Å². The van der Waals surface area contributed by atoms with E-state index in [-0.39, 0.29) is 33.2 Å². The molecule has 0 unspecified atom stereocenters. The predicted octanol–water partition coefficient (Wildman–Crippen LogP) is 4.11. The summed E-state index contributed by atoms with van der Waals surface area (Å²) >= 11 is 6.15. The van der Waals surface area contributed by atoms with E-state index in [0.29, 0.717) is 0 Å². The van der Waals surface area contributed by atoms with E-state index in [9.17, 15) is 18.0 Å². The van der Waals surface area contributed by atoms with Crippen LogP contribution >= 0.6 is 11.6 Å². The van der Waals surface area contributed by atoms with Crippen molar-refractivity contribution in [1.29, 1.82) is 0 Å². The third-order valence-electron chi connectivity index (χ3n) is 3.84. The molecule has 1 N–H and O–H groups in total. The SMILES string of the molecule is CNc1nc(=O)n(-c2ccccc2Cl)c2cc(C(F)(F)F)cc(OC)c12. The number of alkyl halides is 3. The fraction of sp³-hybridized carbons (Fsp3) is 0.176. The van der Waals surface area contributed by atoms with E-state index in [1.54, 1.807) is 12.1 Å². The predicted molar refractivity (Wildman–Crippen MR) is 93.5 cm³/mol. The minimum atomic E-state index is -4.62. The number of anilines is 1. The van der Waals surface area contributed by atoms with Gasteiger partial charge in [0.1, 0.15) is 11.6 Å². The summed E-state index contributed by atoms with van der Waals surface area (Å²) in [6, 6.07) is 8.08. The van der Waals surface area contributed by atoms with Crippen LogP contribution in [0.5, 0.6) is 5.75 Å². The van der Waals surface area contributed by atoms with E-state index in [1.165, 1.54) is 26.3 Å². The molecule has 26 heavy (non-hydrogen) atoms. The molecule has 3 aromatic rings. The molecule has 0 amide bonds. The normalized spacial score (nSPS) is 11.6. The highest BCUT2D eigenvalue weighted by Crippen LogP contribution is 2.39. The van der Waals surface area contributed by atoms with Crippen molar-refractivity contribution in [2.75, 3.05) is 19.5 Å². The highest BCUT2D eigenvalue weighted by atomic mass is 35.5. The van der Waals surface area contributed by atoms with Crippen molar-refractivity contribution >= 4 is 28.3 Å². The number of benzene rings is 2. The molecule has 0 aliphatic carbocycles. The van der Waals surface area contributed by atoms with Gasteiger partial charge in [-0.25, -0.2) is 4.79 Å². The number of nitrogens with zero attached hydrogens (tertiary/aromatic N) is 2. The fourth-order valence-corrected chi connectivity index (χ4v) is 2.91. The molecule has 1 heterocycles. The lowest BCUT2D eigenvalue weighted by atomic mass is 10.1.